The van der Waals surface area contributed by atoms with Gasteiger partial charge in [-0.2, -0.15) is 12.6 Å². The van der Waals surface area contributed by atoms with Crippen molar-refractivity contribution < 1.29 is 20.1 Å². The van der Waals surface area contributed by atoms with Gasteiger partial charge in [0.05, 0.1) is 12.7 Å². The van der Waals surface area contributed by atoms with Gasteiger partial charge in [0.2, 0.25) is 0 Å². The summed E-state index contributed by atoms with van der Waals surface area (Å²) in [5, 5.41) is 27.6. The van der Waals surface area contributed by atoms with Crippen molar-refractivity contribution in [3.05, 3.63) is 29.8 Å². The fourth-order valence-corrected chi connectivity index (χ4v) is 1.45. The van der Waals surface area contributed by atoms with Gasteiger partial charge in [-0.25, -0.2) is 0 Å². The molecule has 0 aliphatic heterocycles. The third-order valence-electron chi connectivity index (χ3n) is 2.13. The van der Waals surface area contributed by atoms with Gasteiger partial charge < -0.3 is 20.1 Å². The number of aliphatic hydroxyl groups excluding tert-OH is 3. The van der Waals surface area contributed by atoms with Crippen LogP contribution >= 0.6 is 12.6 Å². The molecule has 5 heteroatoms. The third-order valence-corrected chi connectivity index (χ3v) is 2.51. The second kappa shape index (κ2) is 6.75. The van der Waals surface area contributed by atoms with Crippen LogP contribution < -0.4 is 4.74 Å². The van der Waals surface area contributed by atoms with E-state index in [9.17, 15) is 10.2 Å². The minimum Gasteiger partial charge on any atom is -0.491 e. The highest BCUT2D eigenvalue weighted by Gasteiger charge is 2.16. The van der Waals surface area contributed by atoms with Crippen LogP contribution in [0.15, 0.2) is 24.3 Å². The van der Waals surface area contributed by atoms with Crippen molar-refractivity contribution in [3.63, 3.8) is 0 Å². The lowest BCUT2D eigenvalue weighted by Crippen LogP contribution is -2.19. The molecule has 0 aliphatic carbocycles. The molecular weight excluding hydrogens is 228 g/mol. The van der Waals surface area contributed by atoms with Crippen LogP contribution in [-0.2, 0) is 0 Å². The maximum absolute atomic E-state index is 9.68. The molecule has 0 aromatic heterocycles. The smallest absolute Gasteiger partial charge is 0.119 e. The largest absolute Gasteiger partial charge is 0.491 e. The van der Waals surface area contributed by atoms with E-state index in [1.54, 1.807) is 24.3 Å². The van der Waals surface area contributed by atoms with Gasteiger partial charge in [0, 0.05) is 5.75 Å². The average molecular weight is 244 g/mol. The molecule has 3 N–H and O–H groups in total. The van der Waals surface area contributed by atoms with Crippen LogP contribution in [0.5, 0.6) is 5.75 Å². The summed E-state index contributed by atoms with van der Waals surface area (Å²) < 4.78 is 5.17. The fourth-order valence-electron chi connectivity index (χ4n) is 1.25. The standard InChI is InChI=1S/C11H16O4S/c12-5-6-15-9-3-1-8(2-4-9)11(14)10(13)7-16/h1-4,10-14,16H,5-7H2. The second-order valence-corrected chi connectivity index (χ2v) is 3.70. The highest BCUT2D eigenvalue weighted by molar-refractivity contribution is 7.80. The quantitative estimate of drug-likeness (QED) is 0.546. The van der Waals surface area contributed by atoms with E-state index in [1.807, 2.05) is 0 Å². The molecule has 1 aromatic rings. The maximum atomic E-state index is 9.68. The molecule has 0 saturated carbocycles. The molecular formula is C11H16O4S. The van der Waals surface area contributed by atoms with Gasteiger partial charge in [-0.1, -0.05) is 12.1 Å². The Balaban J connectivity index is 2.63. The highest BCUT2D eigenvalue weighted by atomic mass is 32.1. The molecule has 0 saturated heterocycles. The van der Waals surface area contributed by atoms with Crippen LogP contribution in [0.25, 0.3) is 0 Å². The summed E-state index contributed by atoms with van der Waals surface area (Å²) in [5.74, 6) is 0.814. The molecule has 0 radical (unpaired) electrons. The van der Waals surface area contributed by atoms with Crippen molar-refractivity contribution in [2.75, 3.05) is 19.0 Å². The number of ether oxygens (including phenoxy) is 1. The molecule has 0 heterocycles. The maximum Gasteiger partial charge on any atom is 0.119 e. The van der Waals surface area contributed by atoms with Crippen LogP contribution in [0.2, 0.25) is 0 Å². The average Bonchev–Trinajstić information content (AvgIpc) is 2.35. The Morgan fingerprint density at radius 2 is 1.81 bits per heavy atom. The lowest BCUT2D eigenvalue weighted by molar-refractivity contribution is 0.0337. The van der Waals surface area contributed by atoms with Crippen LogP contribution in [-0.4, -0.2) is 40.4 Å². The number of hydrogen-bond donors (Lipinski definition) is 4. The molecule has 0 aliphatic rings. The number of thiol groups is 1. The topological polar surface area (TPSA) is 69.9 Å². The monoisotopic (exact) mass is 244 g/mol. The van der Waals surface area contributed by atoms with Crippen LogP contribution in [0, 0.1) is 0 Å². The summed E-state index contributed by atoms with van der Waals surface area (Å²) in [7, 11) is 0. The summed E-state index contributed by atoms with van der Waals surface area (Å²) in [6.45, 7) is 0.198. The van der Waals surface area contributed by atoms with Gasteiger partial charge in [0.15, 0.2) is 0 Å². The zero-order valence-electron chi connectivity index (χ0n) is 8.78. The van der Waals surface area contributed by atoms with E-state index in [2.05, 4.69) is 12.6 Å². The predicted octanol–water partition coefficient (Wildman–Crippen LogP) is 0.382. The first-order valence-corrected chi connectivity index (χ1v) is 5.63. The summed E-state index contributed by atoms with van der Waals surface area (Å²) in [6.07, 6.45) is -1.82. The summed E-state index contributed by atoms with van der Waals surface area (Å²) in [5.41, 5.74) is 0.609. The van der Waals surface area contributed by atoms with Gasteiger partial charge in [-0.15, -0.1) is 0 Å². The molecule has 0 fully saturated rings. The number of aliphatic hydroxyl groups is 3. The molecule has 0 amide bonds. The van der Waals surface area contributed by atoms with Gasteiger partial charge in [0.1, 0.15) is 18.5 Å². The zero-order valence-corrected chi connectivity index (χ0v) is 9.68. The normalized spacial score (nSPS) is 14.5. The number of hydrogen-bond acceptors (Lipinski definition) is 5. The van der Waals surface area contributed by atoms with Crippen molar-refractivity contribution >= 4 is 12.6 Å². The molecule has 1 rings (SSSR count). The summed E-state index contributed by atoms with van der Waals surface area (Å²) in [4.78, 5) is 0. The lowest BCUT2D eigenvalue weighted by atomic mass is 10.1. The Bertz CT molecular complexity index is 301. The minimum absolute atomic E-state index is 0.0389. The fraction of sp³-hybridized carbons (Fsp3) is 0.455. The third kappa shape index (κ3) is 3.68. The van der Waals surface area contributed by atoms with Crippen LogP contribution in [0.1, 0.15) is 11.7 Å². The Kier molecular flexibility index (Phi) is 5.62. The van der Waals surface area contributed by atoms with Gasteiger partial charge in [-0.3, -0.25) is 0 Å². The molecule has 2 atom stereocenters. The van der Waals surface area contributed by atoms with Gasteiger partial charge in [0.25, 0.3) is 0 Å². The molecule has 1 aromatic carbocycles. The van der Waals surface area contributed by atoms with Gasteiger partial charge >= 0.3 is 0 Å². The number of benzene rings is 1. The van der Waals surface area contributed by atoms with Crippen molar-refractivity contribution in [2.24, 2.45) is 0 Å². The second-order valence-electron chi connectivity index (χ2n) is 3.34. The van der Waals surface area contributed by atoms with Crippen LogP contribution in [0.4, 0.5) is 0 Å². The van der Waals surface area contributed by atoms with E-state index in [1.165, 1.54) is 0 Å². The van der Waals surface area contributed by atoms with E-state index in [0.717, 1.165) is 0 Å². The number of rotatable bonds is 6. The van der Waals surface area contributed by atoms with E-state index in [4.69, 9.17) is 9.84 Å². The Labute approximate surface area is 99.9 Å². The van der Waals surface area contributed by atoms with Gasteiger partial charge in [-0.05, 0) is 17.7 Å². The molecule has 2 unspecified atom stereocenters. The molecule has 0 bridgehead atoms. The van der Waals surface area contributed by atoms with E-state index < -0.39 is 12.2 Å². The van der Waals surface area contributed by atoms with E-state index in [0.29, 0.717) is 11.3 Å². The van der Waals surface area contributed by atoms with Crippen molar-refractivity contribution in [3.8, 4) is 5.75 Å². The first-order valence-electron chi connectivity index (χ1n) is 4.99. The summed E-state index contributed by atoms with van der Waals surface area (Å²) in [6, 6.07) is 6.70. The van der Waals surface area contributed by atoms with E-state index in [-0.39, 0.29) is 19.0 Å². The molecule has 0 spiro atoms. The minimum atomic E-state index is -0.940. The van der Waals surface area contributed by atoms with Crippen molar-refractivity contribution in [1.82, 2.24) is 0 Å². The molecule has 4 nitrogen and oxygen atoms in total. The Morgan fingerprint density at radius 1 is 1.19 bits per heavy atom. The predicted molar refractivity (Wildman–Crippen MR) is 63.8 cm³/mol. The first-order chi connectivity index (χ1) is 7.69. The highest BCUT2D eigenvalue weighted by Crippen LogP contribution is 2.20. The zero-order chi connectivity index (χ0) is 12.0. The Morgan fingerprint density at radius 3 is 2.31 bits per heavy atom. The SMILES string of the molecule is OCCOc1ccc(C(O)C(O)CS)cc1. The molecule has 16 heavy (non-hydrogen) atoms. The summed E-state index contributed by atoms with van der Waals surface area (Å²) >= 11 is 3.91. The molecule has 90 valence electrons. The Hall–Kier alpha value is -0.750. The van der Waals surface area contributed by atoms with E-state index >= 15 is 0 Å². The van der Waals surface area contributed by atoms with Crippen molar-refractivity contribution in [2.45, 2.75) is 12.2 Å². The lowest BCUT2D eigenvalue weighted by Gasteiger charge is -2.16. The van der Waals surface area contributed by atoms with Crippen molar-refractivity contribution in [1.29, 1.82) is 0 Å². The van der Waals surface area contributed by atoms with Crippen LogP contribution in [0.3, 0.4) is 0 Å². The first kappa shape index (κ1) is 13.3.